The van der Waals surface area contributed by atoms with Crippen molar-refractivity contribution in [2.75, 3.05) is 26.7 Å². The Kier molecular flexibility index (Phi) is 5.53. The molecule has 0 spiro atoms. The Morgan fingerprint density at radius 3 is 2.23 bits per heavy atom. The van der Waals surface area contributed by atoms with Gasteiger partial charge < -0.3 is 15.1 Å². The first-order chi connectivity index (χ1) is 5.85. The Morgan fingerprint density at radius 1 is 1.31 bits per heavy atom. The van der Waals surface area contributed by atoms with Gasteiger partial charge in [-0.05, 0) is 25.4 Å². The molecule has 0 aliphatic carbocycles. The average molecular weight is 189 g/mol. The van der Waals surface area contributed by atoms with Gasteiger partial charge in [-0.1, -0.05) is 20.8 Å². The standard InChI is InChI=1S/C10H23NO2/c1-10(2,3)5-6-11(4)7-9(13)8-12/h9,12-13H,5-8H2,1-4H3. The molecule has 3 nitrogen and oxygen atoms in total. The summed E-state index contributed by atoms with van der Waals surface area (Å²) in [7, 11) is 1.96. The van der Waals surface area contributed by atoms with E-state index in [0.717, 1.165) is 13.0 Å². The second-order valence-corrected chi connectivity index (χ2v) is 4.91. The van der Waals surface area contributed by atoms with Crippen molar-refractivity contribution < 1.29 is 10.2 Å². The number of aliphatic hydroxyl groups excluding tert-OH is 2. The maximum Gasteiger partial charge on any atom is 0.0897 e. The summed E-state index contributed by atoms with van der Waals surface area (Å²) in [5, 5.41) is 17.8. The van der Waals surface area contributed by atoms with E-state index in [-0.39, 0.29) is 6.61 Å². The first-order valence-corrected chi connectivity index (χ1v) is 4.82. The van der Waals surface area contributed by atoms with Crippen LogP contribution in [0.1, 0.15) is 27.2 Å². The summed E-state index contributed by atoms with van der Waals surface area (Å²) in [5.41, 5.74) is 0.332. The lowest BCUT2D eigenvalue weighted by Crippen LogP contribution is -2.33. The molecule has 0 rings (SSSR count). The van der Waals surface area contributed by atoms with Gasteiger partial charge in [0.15, 0.2) is 0 Å². The molecule has 1 unspecified atom stereocenters. The van der Waals surface area contributed by atoms with Crippen molar-refractivity contribution in [1.29, 1.82) is 0 Å². The van der Waals surface area contributed by atoms with Gasteiger partial charge in [-0.2, -0.15) is 0 Å². The second kappa shape index (κ2) is 5.58. The number of nitrogens with zero attached hydrogens (tertiary/aromatic N) is 1. The molecule has 0 aromatic heterocycles. The highest BCUT2D eigenvalue weighted by Gasteiger charge is 2.12. The normalized spacial score (nSPS) is 15.0. The molecule has 13 heavy (non-hydrogen) atoms. The van der Waals surface area contributed by atoms with Gasteiger partial charge in [-0.3, -0.25) is 0 Å². The van der Waals surface area contributed by atoms with Gasteiger partial charge in [0, 0.05) is 6.54 Å². The van der Waals surface area contributed by atoms with Crippen LogP contribution in [0.15, 0.2) is 0 Å². The molecular formula is C10H23NO2. The highest BCUT2D eigenvalue weighted by atomic mass is 16.3. The van der Waals surface area contributed by atoms with Crippen molar-refractivity contribution in [2.45, 2.75) is 33.3 Å². The van der Waals surface area contributed by atoms with Crippen molar-refractivity contribution in [2.24, 2.45) is 5.41 Å². The average Bonchev–Trinajstić information content (AvgIpc) is 1.99. The van der Waals surface area contributed by atoms with Crippen LogP contribution in [0, 0.1) is 5.41 Å². The maximum atomic E-state index is 9.17. The lowest BCUT2D eigenvalue weighted by atomic mass is 9.92. The molecule has 2 N–H and O–H groups in total. The van der Waals surface area contributed by atoms with E-state index in [1.54, 1.807) is 0 Å². The van der Waals surface area contributed by atoms with Crippen LogP contribution in [-0.4, -0.2) is 48.0 Å². The van der Waals surface area contributed by atoms with Crippen LogP contribution in [-0.2, 0) is 0 Å². The molecule has 0 saturated heterocycles. The van der Waals surface area contributed by atoms with Crippen molar-refractivity contribution in [3.8, 4) is 0 Å². The van der Waals surface area contributed by atoms with E-state index >= 15 is 0 Å². The zero-order valence-electron chi connectivity index (χ0n) is 9.25. The third kappa shape index (κ3) is 8.22. The fraction of sp³-hybridized carbons (Fsp3) is 1.00. The molecule has 0 fully saturated rings. The first-order valence-electron chi connectivity index (χ1n) is 4.82. The lowest BCUT2D eigenvalue weighted by Gasteiger charge is -2.24. The zero-order chi connectivity index (χ0) is 10.5. The molecule has 0 aliphatic heterocycles. The van der Waals surface area contributed by atoms with Crippen molar-refractivity contribution in [1.82, 2.24) is 4.90 Å². The van der Waals surface area contributed by atoms with Crippen LogP contribution >= 0.6 is 0 Å². The van der Waals surface area contributed by atoms with Gasteiger partial charge in [0.2, 0.25) is 0 Å². The summed E-state index contributed by atoms with van der Waals surface area (Å²) >= 11 is 0. The fourth-order valence-electron chi connectivity index (χ4n) is 1.04. The molecular weight excluding hydrogens is 166 g/mol. The Labute approximate surface area is 81.4 Å². The predicted octanol–water partition coefficient (Wildman–Crippen LogP) is 0.708. The summed E-state index contributed by atoms with van der Waals surface area (Å²) in [4.78, 5) is 2.05. The molecule has 0 aliphatic rings. The Hall–Kier alpha value is -0.120. The lowest BCUT2D eigenvalue weighted by molar-refractivity contribution is 0.0639. The SMILES string of the molecule is CN(CCC(C)(C)C)CC(O)CO. The minimum Gasteiger partial charge on any atom is -0.394 e. The van der Waals surface area contributed by atoms with Gasteiger partial charge in [0.05, 0.1) is 12.7 Å². The monoisotopic (exact) mass is 189 g/mol. The molecule has 3 heteroatoms. The van der Waals surface area contributed by atoms with Crippen molar-refractivity contribution >= 4 is 0 Å². The van der Waals surface area contributed by atoms with Crippen molar-refractivity contribution in [3.63, 3.8) is 0 Å². The molecule has 80 valence electrons. The van der Waals surface area contributed by atoms with E-state index in [1.807, 2.05) is 11.9 Å². The maximum absolute atomic E-state index is 9.17. The van der Waals surface area contributed by atoms with E-state index in [1.165, 1.54) is 0 Å². The van der Waals surface area contributed by atoms with Crippen LogP contribution in [0.3, 0.4) is 0 Å². The largest absolute Gasteiger partial charge is 0.394 e. The minimum atomic E-state index is -0.607. The van der Waals surface area contributed by atoms with Gasteiger partial charge >= 0.3 is 0 Å². The fourth-order valence-corrected chi connectivity index (χ4v) is 1.04. The highest BCUT2D eigenvalue weighted by Crippen LogP contribution is 2.18. The van der Waals surface area contributed by atoms with Gasteiger partial charge in [-0.15, -0.1) is 0 Å². The van der Waals surface area contributed by atoms with Crippen LogP contribution in [0.5, 0.6) is 0 Å². The molecule has 0 aromatic rings. The quantitative estimate of drug-likeness (QED) is 0.669. The third-order valence-electron chi connectivity index (χ3n) is 1.98. The summed E-state index contributed by atoms with van der Waals surface area (Å²) in [6.45, 7) is 7.95. The van der Waals surface area contributed by atoms with Gasteiger partial charge in [-0.25, -0.2) is 0 Å². The zero-order valence-corrected chi connectivity index (χ0v) is 9.25. The minimum absolute atomic E-state index is 0.153. The molecule has 0 saturated carbocycles. The van der Waals surface area contributed by atoms with E-state index in [2.05, 4.69) is 20.8 Å². The molecule has 0 aromatic carbocycles. The van der Waals surface area contributed by atoms with E-state index in [0.29, 0.717) is 12.0 Å². The van der Waals surface area contributed by atoms with E-state index in [9.17, 15) is 0 Å². The van der Waals surface area contributed by atoms with E-state index < -0.39 is 6.10 Å². The second-order valence-electron chi connectivity index (χ2n) is 4.91. The van der Waals surface area contributed by atoms with Crippen LogP contribution in [0.2, 0.25) is 0 Å². The number of hydrogen-bond acceptors (Lipinski definition) is 3. The molecule has 0 radical (unpaired) electrons. The first kappa shape index (κ1) is 12.9. The number of hydrogen-bond donors (Lipinski definition) is 2. The van der Waals surface area contributed by atoms with Crippen LogP contribution in [0.25, 0.3) is 0 Å². The predicted molar refractivity (Wildman–Crippen MR) is 54.7 cm³/mol. The molecule has 0 amide bonds. The Bertz CT molecular complexity index is 131. The van der Waals surface area contributed by atoms with Gasteiger partial charge in [0.25, 0.3) is 0 Å². The summed E-state index contributed by atoms with van der Waals surface area (Å²) in [6, 6.07) is 0. The summed E-state index contributed by atoms with van der Waals surface area (Å²) in [5.74, 6) is 0. The highest BCUT2D eigenvalue weighted by molar-refractivity contribution is 4.66. The molecule has 0 heterocycles. The van der Waals surface area contributed by atoms with Crippen molar-refractivity contribution in [3.05, 3.63) is 0 Å². The van der Waals surface area contributed by atoms with Crippen LogP contribution < -0.4 is 0 Å². The Balaban J connectivity index is 3.57. The summed E-state index contributed by atoms with van der Waals surface area (Å²) < 4.78 is 0. The number of aliphatic hydroxyl groups is 2. The summed E-state index contributed by atoms with van der Waals surface area (Å²) in [6.07, 6.45) is 0.492. The number of rotatable bonds is 5. The molecule has 1 atom stereocenters. The molecule has 0 bridgehead atoms. The van der Waals surface area contributed by atoms with Gasteiger partial charge in [0.1, 0.15) is 0 Å². The smallest absolute Gasteiger partial charge is 0.0897 e. The third-order valence-corrected chi connectivity index (χ3v) is 1.98. The van der Waals surface area contributed by atoms with E-state index in [4.69, 9.17) is 10.2 Å². The number of likely N-dealkylation sites (N-methyl/N-ethyl adjacent to an activating group) is 1. The topological polar surface area (TPSA) is 43.7 Å². The van der Waals surface area contributed by atoms with Crippen LogP contribution in [0.4, 0.5) is 0 Å². The Morgan fingerprint density at radius 2 is 1.85 bits per heavy atom.